The van der Waals surface area contributed by atoms with E-state index in [1.165, 1.54) is 11.1 Å². The van der Waals surface area contributed by atoms with E-state index in [0.29, 0.717) is 0 Å². The van der Waals surface area contributed by atoms with Gasteiger partial charge in [-0.05, 0) is 43.5 Å². The van der Waals surface area contributed by atoms with Crippen molar-refractivity contribution < 1.29 is 9.47 Å². The van der Waals surface area contributed by atoms with E-state index in [1.54, 1.807) is 14.2 Å². The summed E-state index contributed by atoms with van der Waals surface area (Å²) < 4.78 is 10.5. The van der Waals surface area contributed by atoms with Crippen LogP contribution in [-0.4, -0.2) is 14.2 Å². The van der Waals surface area contributed by atoms with E-state index in [9.17, 15) is 0 Å². The molecule has 13 heavy (non-hydrogen) atoms. The number of hydrogen-bond donors (Lipinski definition) is 0. The van der Waals surface area contributed by atoms with E-state index in [1.807, 2.05) is 13.0 Å². The maximum Gasteiger partial charge on any atom is 0.163 e. The molecule has 0 amide bonds. The van der Waals surface area contributed by atoms with Gasteiger partial charge in [-0.3, -0.25) is 0 Å². The fourth-order valence-electron chi connectivity index (χ4n) is 1.43. The summed E-state index contributed by atoms with van der Waals surface area (Å²) >= 11 is 0. The number of aryl methyl sites for hydroxylation is 1. The Labute approximate surface area is 79.5 Å². The lowest BCUT2D eigenvalue weighted by Crippen LogP contribution is -1.97. The molecule has 0 fully saturated rings. The third-order valence-electron chi connectivity index (χ3n) is 2.49. The second-order valence-corrected chi connectivity index (χ2v) is 3.18. The first-order valence-corrected chi connectivity index (χ1v) is 4.30. The van der Waals surface area contributed by atoms with Crippen molar-refractivity contribution in [2.45, 2.75) is 20.8 Å². The Balaban J connectivity index is 3.39. The number of hydrogen-bond acceptors (Lipinski definition) is 2. The van der Waals surface area contributed by atoms with Crippen molar-refractivity contribution >= 4 is 0 Å². The van der Waals surface area contributed by atoms with Crippen LogP contribution in [0.2, 0.25) is 0 Å². The van der Waals surface area contributed by atoms with Crippen molar-refractivity contribution in [2.75, 3.05) is 14.2 Å². The molecule has 1 aromatic carbocycles. The summed E-state index contributed by atoms with van der Waals surface area (Å²) in [6.45, 7) is 6.21. The topological polar surface area (TPSA) is 18.5 Å². The molecule has 0 aromatic heterocycles. The van der Waals surface area contributed by atoms with Crippen molar-refractivity contribution in [3.63, 3.8) is 0 Å². The number of rotatable bonds is 2. The third kappa shape index (κ3) is 1.62. The predicted molar refractivity (Wildman–Crippen MR) is 53.8 cm³/mol. The van der Waals surface area contributed by atoms with Gasteiger partial charge in [0.2, 0.25) is 0 Å². The van der Waals surface area contributed by atoms with Crippen LogP contribution in [0.15, 0.2) is 6.07 Å². The van der Waals surface area contributed by atoms with Crippen LogP contribution < -0.4 is 9.47 Å². The van der Waals surface area contributed by atoms with Crippen LogP contribution in [0.4, 0.5) is 0 Å². The Morgan fingerprint density at radius 1 is 0.923 bits per heavy atom. The lowest BCUT2D eigenvalue weighted by molar-refractivity contribution is 0.352. The summed E-state index contributed by atoms with van der Waals surface area (Å²) in [7, 11) is 3.33. The summed E-state index contributed by atoms with van der Waals surface area (Å²) in [5, 5.41) is 0. The Bertz CT molecular complexity index is 316. The van der Waals surface area contributed by atoms with Gasteiger partial charge in [0.25, 0.3) is 0 Å². The number of methoxy groups -OCH3 is 2. The molecule has 1 rings (SSSR count). The van der Waals surface area contributed by atoms with Crippen LogP contribution in [0.3, 0.4) is 0 Å². The molecule has 0 aliphatic heterocycles. The van der Waals surface area contributed by atoms with Crippen LogP contribution in [-0.2, 0) is 0 Å². The van der Waals surface area contributed by atoms with Gasteiger partial charge in [-0.25, -0.2) is 0 Å². The zero-order valence-corrected chi connectivity index (χ0v) is 8.89. The van der Waals surface area contributed by atoms with Crippen molar-refractivity contribution in [3.8, 4) is 11.5 Å². The third-order valence-corrected chi connectivity index (χ3v) is 2.49. The van der Waals surface area contributed by atoms with Gasteiger partial charge in [-0.15, -0.1) is 0 Å². The normalized spacial score (nSPS) is 9.92. The zero-order chi connectivity index (χ0) is 10.0. The van der Waals surface area contributed by atoms with Crippen LogP contribution in [0.25, 0.3) is 0 Å². The molecule has 72 valence electrons. The first kappa shape index (κ1) is 9.90. The highest BCUT2D eigenvalue weighted by molar-refractivity contribution is 5.53. The molecular weight excluding hydrogens is 164 g/mol. The maximum atomic E-state index is 5.28. The Morgan fingerprint density at radius 2 is 1.54 bits per heavy atom. The van der Waals surface area contributed by atoms with E-state index < -0.39 is 0 Å². The molecular formula is C11H16O2. The highest BCUT2D eigenvalue weighted by Gasteiger charge is 2.10. The molecule has 0 saturated carbocycles. The van der Waals surface area contributed by atoms with Gasteiger partial charge >= 0.3 is 0 Å². The quantitative estimate of drug-likeness (QED) is 0.696. The summed E-state index contributed by atoms with van der Waals surface area (Å²) in [6, 6.07) is 2.00. The van der Waals surface area contributed by atoms with Crippen molar-refractivity contribution in [1.29, 1.82) is 0 Å². The Hall–Kier alpha value is -1.18. The average Bonchev–Trinajstić information content (AvgIpc) is 2.13. The SMILES string of the molecule is COc1cc(C)c(C)c(C)c1OC. The fraction of sp³-hybridized carbons (Fsp3) is 0.455. The van der Waals surface area contributed by atoms with Crippen LogP contribution >= 0.6 is 0 Å². The Kier molecular flexibility index (Phi) is 2.81. The molecule has 0 N–H and O–H groups in total. The standard InChI is InChI=1S/C11H16O2/c1-7-6-10(12-4)11(13-5)9(3)8(7)2/h6H,1-5H3. The highest BCUT2D eigenvalue weighted by Crippen LogP contribution is 2.34. The molecule has 1 aromatic rings. The van der Waals surface area contributed by atoms with Gasteiger partial charge in [0, 0.05) is 0 Å². The van der Waals surface area contributed by atoms with Gasteiger partial charge in [-0.2, -0.15) is 0 Å². The fourth-order valence-corrected chi connectivity index (χ4v) is 1.43. The van der Waals surface area contributed by atoms with Crippen molar-refractivity contribution in [1.82, 2.24) is 0 Å². The highest BCUT2D eigenvalue weighted by atomic mass is 16.5. The second-order valence-electron chi connectivity index (χ2n) is 3.18. The number of ether oxygens (including phenoxy) is 2. The Morgan fingerprint density at radius 3 is 2.00 bits per heavy atom. The predicted octanol–water partition coefficient (Wildman–Crippen LogP) is 2.63. The first-order valence-electron chi connectivity index (χ1n) is 4.30. The van der Waals surface area contributed by atoms with Gasteiger partial charge in [0.05, 0.1) is 14.2 Å². The van der Waals surface area contributed by atoms with E-state index in [0.717, 1.165) is 17.1 Å². The molecule has 0 heterocycles. The summed E-state index contributed by atoms with van der Waals surface area (Å²) in [5.41, 5.74) is 3.65. The zero-order valence-electron chi connectivity index (χ0n) is 8.89. The minimum absolute atomic E-state index is 0.808. The maximum absolute atomic E-state index is 5.28. The molecule has 0 unspecified atom stereocenters. The monoisotopic (exact) mass is 180 g/mol. The van der Waals surface area contributed by atoms with Crippen molar-refractivity contribution in [2.24, 2.45) is 0 Å². The van der Waals surface area contributed by atoms with Gasteiger partial charge < -0.3 is 9.47 Å². The molecule has 0 saturated heterocycles. The molecule has 0 radical (unpaired) electrons. The molecule has 2 nitrogen and oxygen atoms in total. The minimum Gasteiger partial charge on any atom is -0.493 e. The van der Waals surface area contributed by atoms with E-state index >= 15 is 0 Å². The molecule has 0 atom stereocenters. The second kappa shape index (κ2) is 3.69. The largest absolute Gasteiger partial charge is 0.493 e. The lowest BCUT2D eigenvalue weighted by Gasteiger charge is -2.14. The van der Waals surface area contributed by atoms with Crippen LogP contribution in [0.1, 0.15) is 16.7 Å². The molecule has 0 aliphatic rings. The summed E-state index contributed by atoms with van der Waals surface area (Å²) in [4.78, 5) is 0. The van der Waals surface area contributed by atoms with Gasteiger partial charge in [-0.1, -0.05) is 0 Å². The average molecular weight is 180 g/mol. The molecule has 0 aliphatic carbocycles. The summed E-state index contributed by atoms with van der Waals surface area (Å²) in [6.07, 6.45) is 0. The molecule has 0 bridgehead atoms. The lowest BCUT2D eigenvalue weighted by atomic mass is 10.0. The van der Waals surface area contributed by atoms with Gasteiger partial charge in [0.15, 0.2) is 11.5 Å². The van der Waals surface area contributed by atoms with Crippen LogP contribution in [0.5, 0.6) is 11.5 Å². The van der Waals surface area contributed by atoms with Gasteiger partial charge in [0.1, 0.15) is 0 Å². The van der Waals surface area contributed by atoms with E-state index in [4.69, 9.17) is 9.47 Å². The summed E-state index contributed by atoms with van der Waals surface area (Å²) in [5.74, 6) is 1.65. The van der Waals surface area contributed by atoms with E-state index in [-0.39, 0.29) is 0 Å². The van der Waals surface area contributed by atoms with Crippen LogP contribution in [0, 0.1) is 20.8 Å². The number of benzene rings is 1. The molecule has 2 heteroatoms. The first-order chi connectivity index (χ1) is 6.11. The minimum atomic E-state index is 0.808. The smallest absolute Gasteiger partial charge is 0.163 e. The van der Waals surface area contributed by atoms with E-state index in [2.05, 4.69) is 13.8 Å². The van der Waals surface area contributed by atoms with Crippen molar-refractivity contribution in [3.05, 3.63) is 22.8 Å². The molecule has 0 spiro atoms.